The van der Waals surface area contributed by atoms with Gasteiger partial charge in [-0.05, 0) is 32.0 Å². The van der Waals surface area contributed by atoms with Crippen molar-refractivity contribution in [2.45, 2.75) is 31.2 Å². The van der Waals surface area contributed by atoms with Crippen LogP contribution in [0.3, 0.4) is 0 Å². The number of morpholine rings is 1. The number of ether oxygens (including phenoxy) is 1. The van der Waals surface area contributed by atoms with E-state index in [0.717, 1.165) is 36.5 Å². The van der Waals surface area contributed by atoms with E-state index in [2.05, 4.69) is 23.7 Å². The van der Waals surface area contributed by atoms with Crippen LogP contribution in [0.1, 0.15) is 13.8 Å². The van der Waals surface area contributed by atoms with Crippen LogP contribution in [-0.2, 0) is 4.74 Å². The second-order valence-electron chi connectivity index (χ2n) is 5.60. The van der Waals surface area contributed by atoms with Gasteiger partial charge in [-0.2, -0.15) is 0 Å². The van der Waals surface area contributed by atoms with Crippen LogP contribution in [0, 0.1) is 0 Å². The zero-order chi connectivity index (χ0) is 14.8. The first-order valence-electron chi connectivity index (χ1n) is 7.26. The monoisotopic (exact) mass is 307 g/mol. The van der Waals surface area contributed by atoms with Crippen molar-refractivity contribution in [2.75, 3.05) is 31.2 Å². The van der Waals surface area contributed by atoms with Crippen molar-refractivity contribution < 1.29 is 9.15 Å². The van der Waals surface area contributed by atoms with E-state index >= 15 is 0 Å². The summed E-state index contributed by atoms with van der Waals surface area (Å²) in [5.74, 6) is 0.853. The Kier molecular flexibility index (Phi) is 4.37. The maximum Gasteiger partial charge on any atom is 0.256 e. The summed E-state index contributed by atoms with van der Waals surface area (Å²) in [6, 6.07) is 6.08. The number of nitrogens with zero attached hydrogens (tertiary/aromatic N) is 2. The summed E-state index contributed by atoms with van der Waals surface area (Å²) in [5.41, 5.74) is 8.05. The Morgan fingerprint density at radius 3 is 3.14 bits per heavy atom. The molecule has 1 aromatic heterocycles. The Hall–Kier alpha value is -1.24. The van der Waals surface area contributed by atoms with E-state index < -0.39 is 0 Å². The van der Waals surface area contributed by atoms with Gasteiger partial charge in [0.1, 0.15) is 5.52 Å². The molecule has 1 unspecified atom stereocenters. The summed E-state index contributed by atoms with van der Waals surface area (Å²) in [7, 11) is 0. The molecule has 0 saturated carbocycles. The SMILES string of the molecule is CC(C)N1CCOC(CSc2nc3cc(N)ccc3o2)C1. The molecule has 1 aliphatic rings. The fourth-order valence-electron chi connectivity index (χ4n) is 2.46. The van der Waals surface area contributed by atoms with Crippen molar-refractivity contribution in [2.24, 2.45) is 0 Å². The average Bonchev–Trinajstić information content (AvgIpc) is 2.87. The van der Waals surface area contributed by atoms with Crippen molar-refractivity contribution in [3.63, 3.8) is 0 Å². The molecule has 1 aliphatic heterocycles. The number of anilines is 1. The highest BCUT2D eigenvalue weighted by Gasteiger charge is 2.23. The number of fused-ring (bicyclic) bond motifs is 1. The largest absolute Gasteiger partial charge is 0.431 e. The van der Waals surface area contributed by atoms with Gasteiger partial charge < -0.3 is 14.9 Å². The molecule has 1 fully saturated rings. The summed E-state index contributed by atoms with van der Waals surface area (Å²) in [6.45, 7) is 7.23. The summed E-state index contributed by atoms with van der Waals surface area (Å²) >= 11 is 1.60. The molecule has 114 valence electrons. The highest BCUT2D eigenvalue weighted by molar-refractivity contribution is 7.99. The molecular weight excluding hydrogens is 286 g/mol. The fourth-order valence-corrected chi connectivity index (χ4v) is 3.30. The number of nitrogen functional groups attached to an aromatic ring is 1. The Balaban J connectivity index is 1.61. The number of hydrogen-bond acceptors (Lipinski definition) is 6. The molecule has 2 aromatic rings. The summed E-state index contributed by atoms with van der Waals surface area (Å²) in [6.07, 6.45) is 0.228. The van der Waals surface area contributed by atoms with Crippen molar-refractivity contribution in [3.8, 4) is 0 Å². The third-order valence-electron chi connectivity index (χ3n) is 3.69. The van der Waals surface area contributed by atoms with E-state index in [1.807, 2.05) is 18.2 Å². The highest BCUT2D eigenvalue weighted by Crippen LogP contribution is 2.26. The Bertz CT molecular complexity index is 614. The topological polar surface area (TPSA) is 64.5 Å². The van der Waals surface area contributed by atoms with Gasteiger partial charge in [-0.25, -0.2) is 4.98 Å². The van der Waals surface area contributed by atoms with Gasteiger partial charge in [-0.1, -0.05) is 11.8 Å². The lowest BCUT2D eigenvalue weighted by atomic mass is 10.2. The predicted octanol–water partition coefficient (Wildman–Crippen LogP) is 2.61. The normalized spacial score (nSPS) is 20.4. The van der Waals surface area contributed by atoms with E-state index in [-0.39, 0.29) is 6.10 Å². The van der Waals surface area contributed by atoms with Crippen molar-refractivity contribution in [1.82, 2.24) is 9.88 Å². The van der Waals surface area contributed by atoms with Crippen LogP contribution in [0.15, 0.2) is 27.8 Å². The van der Waals surface area contributed by atoms with E-state index in [1.165, 1.54) is 0 Å². The number of oxazole rings is 1. The van der Waals surface area contributed by atoms with Crippen LogP contribution in [-0.4, -0.2) is 47.5 Å². The van der Waals surface area contributed by atoms with Crippen LogP contribution >= 0.6 is 11.8 Å². The van der Waals surface area contributed by atoms with Crippen LogP contribution in [0.25, 0.3) is 11.1 Å². The molecule has 0 bridgehead atoms. The minimum atomic E-state index is 0.228. The molecule has 1 aromatic carbocycles. The van der Waals surface area contributed by atoms with Crippen molar-refractivity contribution in [3.05, 3.63) is 18.2 Å². The number of aromatic nitrogens is 1. The standard InChI is InChI=1S/C15H21N3O2S/c1-10(2)18-5-6-19-12(8-18)9-21-15-17-13-7-11(16)3-4-14(13)20-15/h3-4,7,10,12H,5-6,8-9,16H2,1-2H3. The van der Waals surface area contributed by atoms with Crippen molar-refractivity contribution in [1.29, 1.82) is 0 Å². The second kappa shape index (κ2) is 6.25. The van der Waals surface area contributed by atoms with Gasteiger partial charge >= 0.3 is 0 Å². The third-order valence-corrected chi connectivity index (χ3v) is 4.65. The average molecular weight is 307 g/mol. The van der Waals surface area contributed by atoms with E-state index in [0.29, 0.717) is 17.0 Å². The predicted molar refractivity (Wildman–Crippen MR) is 85.6 cm³/mol. The number of rotatable bonds is 4. The summed E-state index contributed by atoms with van der Waals surface area (Å²) in [5, 5.41) is 0.681. The number of thioether (sulfide) groups is 1. The smallest absolute Gasteiger partial charge is 0.256 e. The van der Waals surface area contributed by atoms with E-state index in [9.17, 15) is 0 Å². The molecule has 0 aliphatic carbocycles. The first-order valence-corrected chi connectivity index (χ1v) is 8.25. The number of nitrogens with two attached hydrogens (primary N) is 1. The fraction of sp³-hybridized carbons (Fsp3) is 0.533. The molecule has 3 rings (SSSR count). The number of benzene rings is 1. The minimum absolute atomic E-state index is 0.228. The molecule has 0 radical (unpaired) electrons. The lowest BCUT2D eigenvalue weighted by Crippen LogP contribution is -2.46. The first-order chi connectivity index (χ1) is 10.1. The quantitative estimate of drug-likeness (QED) is 0.692. The highest BCUT2D eigenvalue weighted by atomic mass is 32.2. The molecule has 1 saturated heterocycles. The van der Waals surface area contributed by atoms with E-state index in [1.54, 1.807) is 11.8 Å². The summed E-state index contributed by atoms with van der Waals surface area (Å²) in [4.78, 5) is 6.91. The number of hydrogen-bond donors (Lipinski definition) is 1. The van der Waals surface area contributed by atoms with Crippen LogP contribution < -0.4 is 5.73 Å². The maximum absolute atomic E-state index is 5.82. The van der Waals surface area contributed by atoms with Gasteiger partial charge in [0.25, 0.3) is 5.22 Å². The lowest BCUT2D eigenvalue weighted by molar-refractivity contribution is -0.0265. The Morgan fingerprint density at radius 1 is 1.48 bits per heavy atom. The molecule has 1 atom stereocenters. The van der Waals surface area contributed by atoms with Crippen LogP contribution in [0.4, 0.5) is 5.69 Å². The van der Waals surface area contributed by atoms with Crippen LogP contribution in [0.5, 0.6) is 0 Å². The molecule has 2 heterocycles. The molecular formula is C15H21N3O2S. The molecule has 0 spiro atoms. The van der Waals surface area contributed by atoms with Crippen molar-refractivity contribution >= 4 is 28.5 Å². The first kappa shape index (κ1) is 14.7. The minimum Gasteiger partial charge on any atom is -0.431 e. The van der Waals surface area contributed by atoms with Gasteiger partial charge in [-0.15, -0.1) is 0 Å². The zero-order valence-electron chi connectivity index (χ0n) is 12.4. The Morgan fingerprint density at radius 2 is 2.33 bits per heavy atom. The zero-order valence-corrected chi connectivity index (χ0v) is 13.2. The maximum atomic E-state index is 5.82. The Labute approximate surface area is 128 Å². The lowest BCUT2D eigenvalue weighted by Gasteiger charge is -2.35. The molecule has 2 N–H and O–H groups in total. The van der Waals surface area contributed by atoms with Gasteiger partial charge in [-0.3, -0.25) is 4.90 Å². The summed E-state index contributed by atoms with van der Waals surface area (Å²) < 4.78 is 11.5. The third kappa shape index (κ3) is 3.51. The van der Waals surface area contributed by atoms with Gasteiger partial charge in [0.05, 0.1) is 12.7 Å². The van der Waals surface area contributed by atoms with E-state index in [4.69, 9.17) is 14.9 Å². The molecule has 6 heteroatoms. The molecule has 21 heavy (non-hydrogen) atoms. The van der Waals surface area contributed by atoms with Gasteiger partial charge in [0, 0.05) is 30.6 Å². The van der Waals surface area contributed by atoms with Gasteiger partial charge in [0.15, 0.2) is 5.58 Å². The van der Waals surface area contributed by atoms with Crippen LogP contribution in [0.2, 0.25) is 0 Å². The second-order valence-corrected chi connectivity index (χ2v) is 6.57. The van der Waals surface area contributed by atoms with Gasteiger partial charge in [0.2, 0.25) is 0 Å². The molecule has 5 nitrogen and oxygen atoms in total. The molecule has 0 amide bonds.